The van der Waals surface area contributed by atoms with Crippen molar-refractivity contribution in [3.05, 3.63) is 59.3 Å². The van der Waals surface area contributed by atoms with E-state index in [1.54, 1.807) is 11.1 Å². The molecule has 166 valence electrons. The number of carbonyl (C=O) groups is 2. The van der Waals surface area contributed by atoms with Crippen LogP contribution >= 0.6 is 0 Å². The molecule has 0 aliphatic carbocycles. The van der Waals surface area contributed by atoms with Gasteiger partial charge in [0.05, 0.1) is 36.9 Å². The van der Waals surface area contributed by atoms with E-state index in [9.17, 15) is 9.59 Å². The zero-order valence-electron chi connectivity index (χ0n) is 18.2. The molecule has 8 heteroatoms. The standard InChI is InChI=1S/C24H27N5O3/c1-16-19(24(31)28-9-11-32-12-10-28)15-26-23(27-16)21-7-4-8-29(21)22(30)13-17-14-25-20-6-3-2-5-18(17)20/h2-3,5-6,14-15,21,25H,4,7-13H2,1H3/t21-/m0/s1. The Kier molecular flexibility index (Phi) is 5.61. The number of rotatable bonds is 4. The SMILES string of the molecule is Cc1nc([C@@H]2CCCN2C(=O)Cc2c[nH]c3ccccc23)ncc1C(=O)N1CCOCC1. The van der Waals surface area contributed by atoms with Gasteiger partial charge in [0.25, 0.3) is 5.91 Å². The van der Waals surface area contributed by atoms with E-state index in [0.717, 1.165) is 29.3 Å². The van der Waals surface area contributed by atoms with Gasteiger partial charge >= 0.3 is 0 Å². The van der Waals surface area contributed by atoms with Crippen LogP contribution in [0.3, 0.4) is 0 Å². The number of benzene rings is 1. The van der Waals surface area contributed by atoms with E-state index in [0.29, 0.717) is 56.4 Å². The van der Waals surface area contributed by atoms with E-state index in [1.165, 1.54) is 0 Å². The van der Waals surface area contributed by atoms with Crippen LogP contribution in [0.5, 0.6) is 0 Å². The summed E-state index contributed by atoms with van der Waals surface area (Å²) in [6, 6.07) is 7.86. The molecule has 5 rings (SSSR count). The summed E-state index contributed by atoms with van der Waals surface area (Å²) >= 11 is 0. The zero-order chi connectivity index (χ0) is 22.1. The maximum absolute atomic E-state index is 13.2. The van der Waals surface area contributed by atoms with Crippen LogP contribution in [0.15, 0.2) is 36.7 Å². The molecule has 8 nitrogen and oxygen atoms in total. The number of H-pyrrole nitrogens is 1. The first-order valence-electron chi connectivity index (χ1n) is 11.2. The Bertz CT molecular complexity index is 1150. The number of nitrogens with zero attached hydrogens (tertiary/aromatic N) is 4. The summed E-state index contributed by atoms with van der Waals surface area (Å²) in [6.07, 6.45) is 5.63. The summed E-state index contributed by atoms with van der Waals surface area (Å²) in [5, 5.41) is 1.08. The van der Waals surface area contributed by atoms with E-state index in [1.807, 2.05) is 42.3 Å². The van der Waals surface area contributed by atoms with Crippen molar-refractivity contribution >= 4 is 22.7 Å². The molecular formula is C24H27N5O3. The van der Waals surface area contributed by atoms with Crippen molar-refractivity contribution < 1.29 is 14.3 Å². The lowest BCUT2D eigenvalue weighted by atomic mass is 10.1. The molecule has 0 spiro atoms. The van der Waals surface area contributed by atoms with E-state index >= 15 is 0 Å². The Labute approximate surface area is 186 Å². The molecule has 2 amide bonds. The average molecular weight is 434 g/mol. The number of para-hydroxylation sites is 1. The highest BCUT2D eigenvalue weighted by Crippen LogP contribution is 2.31. The van der Waals surface area contributed by atoms with E-state index in [-0.39, 0.29) is 17.9 Å². The number of aryl methyl sites for hydroxylation is 1. The number of morpholine rings is 1. The van der Waals surface area contributed by atoms with Gasteiger partial charge in [-0.3, -0.25) is 9.59 Å². The van der Waals surface area contributed by atoms with Gasteiger partial charge in [-0.15, -0.1) is 0 Å². The molecule has 1 atom stereocenters. The quantitative estimate of drug-likeness (QED) is 0.683. The minimum Gasteiger partial charge on any atom is -0.378 e. The number of aromatic nitrogens is 3. The molecular weight excluding hydrogens is 406 g/mol. The van der Waals surface area contributed by atoms with Gasteiger partial charge in [-0.2, -0.15) is 0 Å². The fourth-order valence-electron chi connectivity index (χ4n) is 4.67. The molecule has 1 N–H and O–H groups in total. The third-order valence-electron chi connectivity index (χ3n) is 6.41. The molecule has 0 radical (unpaired) electrons. The van der Waals surface area contributed by atoms with Crippen LogP contribution in [0.25, 0.3) is 10.9 Å². The number of nitrogens with one attached hydrogen (secondary N) is 1. The third-order valence-corrected chi connectivity index (χ3v) is 6.41. The lowest BCUT2D eigenvalue weighted by Crippen LogP contribution is -2.41. The van der Waals surface area contributed by atoms with Crippen molar-refractivity contribution in [2.45, 2.75) is 32.2 Å². The van der Waals surface area contributed by atoms with Gasteiger partial charge in [-0.05, 0) is 31.4 Å². The molecule has 0 unspecified atom stereocenters. The average Bonchev–Trinajstić information content (AvgIpc) is 3.47. The minimum atomic E-state index is -0.154. The smallest absolute Gasteiger partial charge is 0.257 e. The minimum absolute atomic E-state index is 0.0592. The highest BCUT2D eigenvalue weighted by Gasteiger charge is 2.33. The Morgan fingerprint density at radius 1 is 1.19 bits per heavy atom. The van der Waals surface area contributed by atoms with E-state index < -0.39 is 0 Å². The maximum Gasteiger partial charge on any atom is 0.257 e. The van der Waals surface area contributed by atoms with Crippen molar-refractivity contribution in [3.8, 4) is 0 Å². The van der Waals surface area contributed by atoms with Crippen LogP contribution in [0.2, 0.25) is 0 Å². The molecule has 2 fully saturated rings. The molecule has 1 aromatic carbocycles. The number of aromatic amines is 1. The highest BCUT2D eigenvalue weighted by molar-refractivity contribution is 5.95. The summed E-state index contributed by atoms with van der Waals surface area (Å²) in [6.45, 7) is 4.81. The van der Waals surface area contributed by atoms with Gasteiger partial charge in [0.1, 0.15) is 0 Å². The van der Waals surface area contributed by atoms with Crippen LogP contribution < -0.4 is 0 Å². The highest BCUT2D eigenvalue weighted by atomic mass is 16.5. The van der Waals surface area contributed by atoms with Crippen LogP contribution in [-0.4, -0.2) is 69.4 Å². The first kappa shape index (κ1) is 20.6. The first-order chi connectivity index (χ1) is 15.6. The number of carbonyl (C=O) groups excluding carboxylic acids is 2. The van der Waals surface area contributed by atoms with Crippen LogP contribution in [0.1, 0.15) is 46.3 Å². The van der Waals surface area contributed by atoms with Gasteiger partial charge in [0, 0.05) is 42.9 Å². The van der Waals surface area contributed by atoms with E-state index in [4.69, 9.17) is 4.74 Å². The number of hydrogen-bond acceptors (Lipinski definition) is 5. The fraction of sp³-hybridized carbons (Fsp3) is 0.417. The van der Waals surface area contributed by atoms with Gasteiger partial charge < -0.3 is 19.5 Å². The molecule has 3 aromatic rings. The summed E-state index contributed by atoms with van der Waals surface area (Å²) in [7, 11) is 0. The molecule has 4 heterocycles. The summed E-state index contributed by atoms with van der Waals surface area (Å²) in [5.41, 5.74) is 3.21. The van der Waals surface area contributed by atoms with Crippen molar-refractivity contribution in [3.63, 3.8) is 0 Å². The molecule has 2 aliphatic rings. The summed E-state index contributed by atoms with van der Waals surface area (Å²) < 4.78 is 5.33. The largest absolute Gasteiger partial charge is 0.378 e. The molecule has 0 bridgehead atoms. The summed E-state index contributed by atoms with van der Waals surface area (Å²) in [5.74, 6) is 0.633. The number of hydrogen-bond donors (Lipinski definition) is 1. The van der Waals surface area contributed by atoms with Crippen molar-refractivity contribution in [1.82, 2.24) is 24.8 Å². The van der Waals surface area contributed by atoms with Gasteiger partial charge in [-0.1, -0.05) is 18.2 Å². The third kappa shape index (κ3) is 3.86. The van der Waals surface area contributed by atoms with Crippen molar-refractivity contribution in [2.75, 3.05) is 32.8 Å². The van der Waals surface area contributed by atoms with Crippen molar-refractivity contribution in [1.29, 1.82) is 0 Å². The van der Waals surface area contributed by atoms with Gasteiger partial charge in [0.15, 0.2) is 5.82 Å². The number of ether oxygens (including phenoxy) is 1. The molecule has 2 saturated heterocycles. The topological polar surface area (TPSA) is 91.4 Å². The molecule has 0 saturated carbocycles. The Morgan fingerprint density at radius 2 is 2.00 bits per heavy atom. The second-order valence-corrected chi connectivity index (χ2v) is 8.41. The number of amides is 2. The van der Waals surface area contributed by atoms with Gasteiger partial charge in [0.2, 0.25) is 5.91 Å². The van der Waals surface area contributed by atoms with Crippen LogP contribution in [0.4, 0.5) is 0 Å². The molecule has 32 heavy (non-hydrogen) atoms. The van der Waals surface area contributed by atoms with Crippen LogP contribution in [0, 0.1) is 6.92 Å². The Morgan fingerprint density at radius 3 is 2.81 bits per heavy atom. The maximum atomic E-state index is 13.2. The van der Waals surface area contributed by atoms with Crippen LogP contribution in [-0.2, 0) is 16.0 Å². The lowest BCUT2D eigenvalue weighted by molar-refractivity contribution is -0.131. The predicted molar refractivity (Wildman–Crippen MR) is 119 cm³/mol. The van der Waals surface area contributed by atoms with E-state index in [2.05, 4.69) is 15.0 Å². The first-order valence-corrected chi connectivity index (χ1v) is 11.2. The normalized spacial score (nSPS) is 19.0. The monoisotopic (exact) mass is 433 g/mol. The second kappa shape index (κ2) is 8.70. The fourth-order valence-corrected chi connectivity index (χ4v) is 4.67. The zero-order valence-corrected chi connectivity index (χ0v) is 18.2. The summed E-state index contributed by atoms with van der Waals surface area (Å²) in [4.78, 5) is 42.1. The second-order valence-electron chi connectivity index (χ2n) is 8.41. The molecule has 2 aliphatic heterocycles. The van der Waals surface area contributed by atoms with Crippen molar-refractivity contribution in [2.24, 2.45) is 0 Å². The predicted octanol–water partition coefficient (Wildman–Crippen LogP) is 2.64. The number of likely N-dealkylation sites (tertiary alicyclic amines) is 1. The molecule has 2 aromatic heterocycles. The Hall–Kier alpha value is -3.26. The Balaban J connectivity index is 1.33. The number of fused-ring (bicyclic) bond motifs is 1. The lowest BCUT2D eigenvalue weighted by Gasteiger charge is -2.27. The van der Waals surface area contributed by atoms with Gasteiger partial charge in [-0.25, -0.2) is 9.97 Å².